The number of allylic oxidation sites excluding steroid dienone is 2. The molecule has 0 aromatic heterocycles. The monoisotopic (exact) mass is 1420 g/mol. The largest absolute Gasteiger partial charge is 0.504 e. The Hall–Kier alpha value is -11.2. The van der Waals surface area contributed by atoms with Gasteiger partial charge in [0.05, 0.1) is 18.0 Å². The van der Waals surface area contributed by atoms with Crippen molar-refractivity contribution in [1.29, 1.82) is 0 Å². The number of likely N-dealkylation sites (tertiary alicyclic amines) is 1. The van der Waals surface area contributed by atoms with E-state index < -0.39 is 46.3 Å². The van der Waals surface area contributed by atoms with E-state index in [1.165, 1.54) is 74.6 Å². The summed E-state index contributed by atoms with van der Waals surface area (Å²) in [6.07, 6.45) is 7.37. The predicted molar refractivity (Wildman–Crippen MR) is 375 cm³/mol. The number of carbonyl (C=O) groups excluding carboxylic acids is 7. The van der Waals surface area contributed by atoms with Crippen LogP contribution in [0.25, 0.3) is 0 Å². The van der Waals surface area contributed by atoms with Crippen LogP contribution in [0.4, 0.5) is 0 Å². The Kier molecular flexibility index (Phi) is 36.8. The standard InChI is InChI=1S/C17H23NO5.C15H20N2O4.C14H20N2O4.C12H18N2O4.C12H15NO5.CH4/c1-11(19)13-6-2-3-10-18(13)15(21)7-4-5-12-8-9-14(20)17(23)16(12)22;1-9-2-3-11(8-17-9)15(21)16-7-6-10-4-5-12(18)14(20)13(10)19;1-9(2)15-8-6-12(18)16-7-5-10-3-4-11(17)14(20)13(10)19;1-2-8(13)12(18)14-6-5-7-3-4-9(15)11(17)10(7)16;1-13-10(16)5-3-8(14)6-7-2-4-9(15)12(18)11(7)17;/h8-9,13,20,22-23H,2-7,10H2,1H3;4-5,11,17-20H,1-3,6-8H2,(H,16,21);3-4,15,17,19-20H,1,5-8H2,2H3,(H,16,18);3-4,8,15-17H,2,5-6,13H2,1H3,(H,14,18);2,4,15,17-18H,3,5-6H2,1H3,(H,13,16);1H4/t;;;8-;;/m...0../s1. The molecular formula is C71H100N8O22. The zero-order chi connectivity index (χ0) is 74.9. The van der Waals surface area contributed by atoms with E-state index in [1.54, 1.807) is 4.90 Å². The average Bonchev–Trinajstić information content (AvgIpc) is 0.885. The number of hydrogen-bond acceptors (Lipinski definition) is 25. The maximum Gasteiger partial charge on any atom is 0.236 e. The second-order valence-corrected chi connectivity index (χ2v) is 23.5. The summed E-state index contributed by atoms with van der Waals surface area (Å²) in [6.45, 7) is 15.4. The Balaban J connectivity index is 0.000000430. The van der Waals surface area contributed by atoms with E-state index in [9.17, 15) is 99.9 Å². The summed E-state index contributed by atoms with van der Waals surface area (Å²) in [5.74, 6) is -7.65. The number of aromatic hydroxyl groups is 15. The normalized spacial score (nSPS) is 13.8. The fraction of sp³-hybridized carbons (Fsp3) is 0.423. The van der Waals surface area contributed by atoms with Gasteiger partial charge >= 0.3 is 0 Å². The van der Waals surface area contributed by atoms with Gasteiger partial charge in [-0.1, -0.05) is 57.8 Å². The van der Waals surface area contributed by atoms with Gasteiger partial charge in [-0.3, -0.25) is 33.6 Å². The van der Waals surface area contributed by atoms with E-state index in [-0.39, 0.29) is 138 Å². The van der Waals surface area contributed by atoms with E-state index in [1.807, 2.05) is 13.8 Å². The minimum atomic E-state index is -0.647. The summed E-state index contributed by atoms with van der Waals surface area (Å²) in [7, 11) is 1.48. The van der Waals surface area contributed by atoms with Crippen molar-refractivity contribution in [3.05, 3.63) is 113 Å². The molecule has 30 heteroatoms. The number of ketones is 2. The molecule has 2 saturated heterocycles. The van der Waals surface area contributed by atoms with Crippen LogP contribution in [-0.4, -0.2) is 181 Å². The highest BCUT2D eigenvalue weighted by Gasteiger charge is 2.30. The summed E-state index contributed by atoms with van der Waals surface area (Å²) in [5.41, 5.74) is 9.37. The summed E-state index contributed by atoms with van der Waals surface area (Å²) < 4.78 is 0. The van der Waals surface area contributed by atoms with Crippen molar-refractivity contribution < 1.29 is 110 Å². The van der Waals surface area contributed by atoms with Crippen molar-refractivity contribution in [3.63, 3.8) is 0 Å². The number of nitrogens with one attached hydrogen (secondary N) is 6. The van der Waals surface area contributed by atoms with Crippen LogP contribution in [0.5, 0.6) is 86.2 Å². The number of phenols is 15. The van der Waals surface area contributed by atoms with Gasteiger partial charge in [0, 0.05) is 95.4 Å². The van der Waals surface area contributed by atoms with E-state index in [4.69, 9.17) is 15.9 Å². The summed E-state index contributed by atoms with van der Waals surface area (Å²) in [4.78, 5) is 83.0. The van der Waals surface area contributed by atoms with Crippen molar-refractivity contribution in [1.82, 2.24) is 36.8 Å². The van der Waals surface area contributed by atoms with Crippen molar-refractivity contribution >= 4 is 41.1 Å². The molecule has 0 aliphatic carbocycles. The van der Waals surface area contributed by atoms with Crippen molar-refractivity contribution in [2.24, 2.45) is 11.7 Å². The van der Waals surface area contributed by atoms with Gasteiger partial charge in [-0.05, 0) is 137 Å². The molecule has 556 valence electrons. The number of nitrogens with two attached hydrogens (primary N) is 1. The quantitative estimate of drug-likeness (QED) is 0.0311. The van der Waals surface area contributed by atoms with E-state index in [0.29, 0.717) is 106 Å². The van der Waals surface area contributed by atoms with Gasteiger partial charge in [-0.25, -0.2) is 0 Å². The maximum absolute atomic E-state index is 12.3. The average molecular weight is 1420 g/mol. The first kappa shape index (κ1) is 85.9. The number of hydrogen-bond donors (Lipinski definition) is 22. The van der Waals surface area contributed by atoms with Gasteiger partial charge in [0.1, 0.15) is 5.78 Å². The van der Waals surface area contributed by atoms with Crippen LogP contribution < -0.4 is 37.6 Å². The second kappa shape index (κ2) is 43.3. The van der Waals surface area contributed by atoms with Gasteiger partial charge in [0.2, 0.25) is 58.3 Å². The number of piperidine rings is 2. The zero-order valence-corrected chi connectivity index (χ0v) is 56.6. The molecule has 0 radical (unpaired) electrons. The molecular weight excluding hydrogens is 1320 g/mol. The number of nitrogens with zero attached hydrogens (tertiary/aromatic N) is 1. The molecule has 5 aromatic carbocycles. The second-order valence-electron chi connectivity index (χ2n) is 23.5. The van der Waals surface area contributed by atoms with Gasteiger partial charge in [-0.2, -0.15) is 0 Å². The zero-order valence-electron chi connectivity index (χ0n) is 56.6. The first-order valence-electron chi connectivity index (χ1n) is 32.3. The van der Waals surface area contributed by atoms with Gasteiger partial charge in [0.25, 0.3) is 0 Å². The van der Waals surface area contributed by atoms with Crippen LogP contribution >= 0.6 is 0 Å². The molecule has 101 heavy (non-hydrogen) atoms. The van der Waals surface area contributed by atoms with Crippen LogP contribution in [0.1, 0.15) is 127 Å². The lowest BCUT2D eigenvalue weighted by molar-refractivity contribution is -0.140. The Bertz CT molecular complexity index is 3630. The lowest BCUT2D eigenvalue weighted by atomic mass is 9.97. The number of carbonyl (C=O) groups is 7. The first-order valence-corrected chi connectivity index (χ1v) is 32.3. The summed E-state index contributed by atoms with van der Waals surface area (Å²) in [6, 6.07) is 12.9. The van der Waals surface area contributed by atoms with Crippen LogP contribution in [0, 0.1) is 5.92 Å². The number of aryl methyl sites for hydroxylation is 1. The minimum Gasteiger partial charge on any atom is -0.504 e. The predicted octanol–water partition coefficient (Wildman–Crippen LogP) is 5.32. The maximum atomic E-state index is 12.3. The van der Waals surface area contributed by atoms with E-state index in [2.05, 4.69) is 45.1 Å². The number of rotatable bonds is 26. The van der Waals surface area contributed by atoms with Gasteiger partial charge in [-0.15, -0.1) is 0 Å². The molecule has 2 aliphatic rings. The fourth-order valence-corrected chi connectivity index (χ4v) is 9.85. The molecule has 23 N–H and O–H groups in total. The highest BCUT2D eigenvalue weighted by molar-refractivity contribution is 5.88. The van der Waals surface area contributed by atoms with E-state index in [0.717, 1.165) is 43.5 Å². The molecule has 2 aliphatic heterocycles. The third-order valence-electron chi connectivity index (χ3n) is 15.9. The lowest BCUT2D eigenvalue weighted by Gasteiger charge is -2.34. The van der Waals surface area contributed by atoms with Crippen LogP contribution in [0.15, 0.2) is 85.2 Å². The van der Waals surface area contributed by atoms with Crippen LogP contribution in [0.2, 0.25) is 0 Å². The third kappa shape index (κ3) is 28.3. The molecule has 7 rings (SSSR count). The highest BCUT2D eigenvalue weighted by Crippen LogP contribution is 2.41. The SMILES string of the molecule is C.C=C(C)NCCC(=O)NCCc1ccc(O)c(O)c1O.C=C1CCC(C(=O)NCCc2ccc(O)c(O)c2O)CN1.CC(=O)C1CCCCN1C(=O)CCCc1ccc(O)c(O)c1O.CC[C@H](N)C(=O)NCCc1ccc(O)c(O)c1O.CNC(=O)CCC(=O)Cc1ccc(O)c(O)c1O. The van der Waals surface area contributed by atoms with Gasteiger partial charge < -0.3 is 119 Å². The summed E-state index contributed by atoms with van der Waals surface area (Å²) >= 11 is 0. The first-order chi connectivity index (χ1) is 47.2. The molecule has 2 fully saturated rings. The lowest BCUT2D eigenvalue weighted by Crippen LogP contribution is -2.47. The van der Waals surface area contributed by atoms with Crippen molar-refractivity contribution in [2.45, 2.75) is 143 Å². The minimum absolute atomic E-state index is 0. The van der Waals surface area contributed by atoms with Crippen LogP contribution in [-0.2, 0) is 65.7 Å². The van der Waals surface area contributed by atoms with Gasteiger partial charge in [0.15, 0.2) is 63.3 Å². The molecule has 0 spiro atoms. The molecule has 3 atom stereocenters. The highest BCUT2D eigenvalue weighted by atomic mass is 16.4. The number of benzene rings is 5. The third-order valence-corrected chi connectivity index (χ3v) is 15.9. The molecule has 0 saturated carbocycles. The number of amides is 5. The fourth-order valence-electron chi connectivity index (χ4n) is 9.85. The summed E-state index contributed by atoms with van der Waals surface area (Å²) in [5, 5.41) is 158. The van der Waals surface area contributed by atoms with Crippen molar-refractivity contribution in [3.8, 4) is 86.2 Å². The van der Waals surface area contributed by atoms with Crippen LogP contribution in [0.3, 0.4) is 0 Å². The Morgan fingerprint density at radius 3 is 1.40 bits per heavy atom. The smallest absolute Gasteiger partial charge is 0.236 e. The Labute approximate surface area is 586 Å². The molecule has 2 heterocycles. The number of Topliss-reactive ketones (excluding diaryl/α,β-unsaturated/α-hetero) is 2. The molecule has 5 amide bonds. The van der Waals surface area contributed by atoms with E-state index >= 15 is 0 Å². The molecule has 5 aromatic rings. The Morgan fingerprint density at radius 2 is 0.970 bits per heavy atom. The Morgan fingerprint density at radius 1 is 0.535 bits per heavy atom. The topological polar surface area (TPSA) is 524 Å². The molecule has 2 unspecified atom stereocenters. The molecule has 30 nitrogen and oxygen atoms in total. The van der Waals surface area contributed by atoms with Crippen molar-refractivity contribution in [2.75, 3.05) is 46.3 Å². The molecule has 0 bridgehead atoms. The number of phenolic OH excluding ortho intramolecular Hbond substituents is 15.